The highest BCUT2D eigenvalue weighted by atomic mass is 16.6. The third-order valence-electron chi connectivity index (χ3n) is 2.99. The maximum atomic E-state index is 11.6. The smallest absolute Gasteiger partial charge is 0.409 e. The quantitative estimate of drug-likeness (QED) is 0.550. The summed E-state index contributed by atoms with van der Waals surface area (Å²) in [7, 11) is 1.71. The van der Waals surface area contributed by atoms with Crippen molar-refractivity contribution in [1.29, 1.82) is 0 Å². The topological polar surface area (TPSA) is 51.1 Å². The first-order chi connectivity index (χ1) is 9.09. The van der Waals surface area contributed by atoms with Crippen molar-refractivity contribution >= 4 is 11.8 Å². The van der Waals surface area contributed by atoms with Gasteiger partial charge in [-0.25, -0.2) is 4.79 Å². The Balaban J connectivity index is 2.12. The summed E-state index contributed by atoms with van der Waals surface area (Å²) in [6, 6.07) is 0. The molecule has 0 aliphatic heterocycles. The standard InChI is InChI=1S/C14H26N2O3/c1-12(2)11-18-14(17)16(3)9-10-19-15-13-7-5-4-6-8-13/h12H,4-11H2,1-3H3. The van der Waals surface area contributed by atoms with Gasteiger partial charge in [0.2, 0.25) is 0 Å². The fraction of sp³-hybridized carbons (Fsp3) is 0.857. The van der Waals surface area contributed by atoms with Crippen LogP contribution >= 0.6 is 0 Å². The summed E-state index contributed by atoms with van der Waals surface area (Å²) in [6.07, 6.45) is 5.51. The third-order valence-corrected chi connectivity index (χ3v) is 2.99. The van der Waals surface area contributed by atoms with Gasteiger partial charge in [0.25, 0.3) is 0 Å². The van der Waals surface area contributed by atoms with Crippen LogP contribution < -0.4 is 0 Å². The molecule has 1 aliphatic carbocycles. The van der Waals surface area contributed by atoms with E-state index in [9.17, 15) is 4.79 Å². The zero-order valence-corrected chi connectivity index (χ0v) is 12.4. The van der Waals surface area contributed by atoms with Crippen molar-refractivity contribution in [3.63, 3.8) is 0 Å². The van der Waals surface area contributed by atoms with Crippen LogP contribution in [-0.2, 0) is 9.57 Å². The average Bonchev–Trinajstić information content (AvgIpc) is 2.41. The molecule has 19 heavy (non-hydrogen) atoms. The molecule has 1 saturated carbocycles. The van der Waals surface area contributed by atoms with E-state index in [1.807, 2.05) is 13.8 Å². The van der Waals surface area contributed by atoms with Crippen LogP contribution in [0.4, 0.5) is 4.79 Å². The predicted octanol–water partition coefficient (Wildman–Crippen LogP) is 3.05. The van der Waals surface area contributed by atoms with Crippen LogP contribution in [0.3, 0.4) is 0 Å². The molecule has 0 saturated heterocycles. The van der Waals surface area contributed by atoms with Gasteiger partial charge in [-0.05, 0) is 31.6 Å². The van der Waals surface area contributed by atoms with Gasteiger partial charge >= 0.3 is 6.09 Å². The van der Waals surface area contributed by atoms with Crippen molar-refractivity contribution in [2.24, 2.45) is 11.1 Å². The van der Waals surface area contributed by atoms with Gasteiger partial charge in [-0.1, -0.05) is 25.4 Å². The normalized spacial score (nSPS) is 15.3. The van der Waals surface area contributed by atoms with Crippen LogP contribution in [-0.4, -0.2) is 43.5 Å². The van der Waals surface area contributed by atoms with Gasteiger partial charge in [0.1, 0.15) is 6.61 Å². The Morgan fingerprint density at radius 1 is 1.32 bits per heavy atom. The van der Waals surface area contributed by atoms with E-state index in [4.69, 9.17) is 9.57 Å². The van der Waals surface area contributed by atoms with E-state index in [0.29, 0.717) is 25.7 Å². The summed E-state index contributed by atoms with van der Waals surface area (Å²) in [4.78, 5) is 18.3. The van der Waals surface area contributed by atoms with Gasteiger partial charge in [0.05, 0.1) is 18.9 Å². The number of ether oxygens (including phenoxy) is 1. The van der Waals surface area contributed by atoms with Crippen LogP contribution in [0.2, 0.25) is 0 Å². The maximum absolute atomic E-state index is 11.6. The number of nitrogens with zero attached hydrogens (tertiary/aromatic N) is 2. The van der Waals surface area contributed by atoms with Crippen molar-refractivity contribution in [2.75, 3.05) is 26.8 Å². The minimum atomic E-state index is -0.303. The summed E-state index contributed by atoms with van der Waals surface area (Å²) >= 11 is 0. The molecule has 5 nitrogen and oxygen atoms in total. The van der Waals surface area contributed by atoms with E-state index < -0.39 is 0 Å². The maximum Gasteiger partial charge on any atom is 0.409 e. The van der Waals surface area contributed by atoms with E-state index in [1.165, 1.54) is 24.2 Å². The molecule has 1 fully saturated rings. The first-order valence-corrected chi connectivity index (χ1v) is 7.15. The Kier molecular flexibility index (Phi) is 7.30. The fourth-order valence-corrected chi connectivity index (χ4v) is 1.81. The molecule has 0 bridgehead atoms. The number of hydrogen-bond donors (Lipinski definition) is 0. The number of carbonyl (C=O) groups excluding carboxylic acids is 1. The number of hydrogen-bond acceptors (Lipinski definition) is 4. The van der Waals surface area contributed by atoms with Gasteiger partial charge in [0, 0.05) is 7.05 Å². The Morgan fingerprint density at radius 3 is 2.63 bits per heavy atom. The minimum Gasteiger partial charge on any atom is -0.449 e. The van der Waals surface area contributed by atoms with Crippen molar-refractivity contribution in [1.82, 2.24) is 4.90 Å². The number of likely N-dealkylation sites (N-methyl/N-ethyl adjacent to an activating group) is 1. The van der Waals surface area contributed by atoms with Gasteiger partial charge in [-0.2, -0.15) is 0 Å². The highest BCUT2D eigenvalue weighted by Crippen LogP contribution is 2.14. The number of oxime groups is 1. The molecule has 0 aromatic carbocycles. The summed E-state index contributed by atoms with van der Waals surface area (Å²) in [5.74, 6) is 0.353. The lowest BCUT2D eigenvalue weighted by molar-refractivity contribution is 0.0793. The second-order valence-electron chi connectivity index (χ2n) is 5.44. The molecule has 1 aliphatic rings. The molecule has 0 unspecified atom stereocenters. The van der Waals surface area contributed by atoms with Crippen LogP contribution in [0.5, 0.6) is 0 Å². The highest BCUT2D eigenvalue weighted by Gasteiger charge is 2.11. The fourth-order valence-electron chi connectivity index (χ4n) is 1.81. The molecule has 0 N–H and O–H groups in total. The molecule has 0 aromatic heterocycles. The zero-order chi connectivity index (χ0) is 14.1. The molecule has 0 spiro atoms. The second kappa shape index (κ2) is 8.77. The molecule has 1 amide bonds. The number of carbonyl (C=O) groups is 1. The SMILES string of the molecule is CC(C)COC(=O)N(C)CCON=C1CCCCC1. The van der Waals surface area contributed by atoms with Gasteiger partial charge < -0.3 is 14.5 Å². The molecule has 1 rings (SSSR count). The minimum absolute atomic E-state index is 0.303. The first-order valence-electron chi connectivity index (χ1n) is 7.15. The Morgan fingerprint density at radius 2 is 2.00 bits per heavy atom. The molecule has 5 heteroatoms. The Bertz CT molecular complexity index is 295. The van der Waals surface area contributed by atoms with E-state index in [2.05, 4.69) is 5.16 Å². The van der Waals surface area contributed by atoms with E-state index in [-0.39, 0.29) is 6.09 Å². The molecule has 0 radical (unpaired) electrons. The van der Waals surface area contributed by atoms with Crippen LogP contribution in [0.1, 0.15) is 46.0 Å². The zero-order valence-electron chi connectivity index (χ0n) is 12.4. The molecular formula is C14H26N2O3. The number of rotatable bonds is 6. The van der Waals surface area contributed by atoms with Crippen LogP contribution in [0, 0.1) is 5.92 Å². The average molecular weight is 270 g/mol. The van der Waals surface area contributed by atoms with Crippen molar-refractivity contribution in [3.05, 3.63) is 0 Å². The van der Waals surface area contributed by atoms with E-state index in [1.54, 1.807) is 7.05 Å². The van der Waals surface area contributed by atoms with E-state index >= 15 is 0 Å². The lowest BCUT2D eigenvalue weighted by Gasteiger charge is -2.17. The predicted molar refractivity (Wildman–Crippen MR) is 75.3 cm³/mol. The Labute approximate surface area is 115 Å². The highest BCUT2D eigenvalue weighted by molar-refractivity contribution is 5.84. The lowest BCUT2D eigenvalue weighted by Crippen LogP contribution is -2.31. The summed E-state index contributed by atoms with van der Waals surface area (Å²) in [5, 5.41) is 4.13. The Hall–Kier alpha value is -1.26. The van der Waals surface area contributed by atoms with Crippen LogP contribution in [0.25, 0.3) is 0 Å². The monoisotopic (exact) mass is 270 g/mol. The van der Waals surface area contributed by atoms with Crippen molar-refractivity contribution < 1.29 is 14.4 Å². The summed E-state index contributed by atoms with van der Waals surface area (Å²) in [5.41, 5.74) is 1.15. The van der Waals surface area contributed by atoms with Gasteiger partial charge in [-0.3, -0.25) is 0 Å². The van der Waals surface area contributed by atoms with Crippen molar-refractivity contribution in [2.45, 2.75) is 46.0 Å². The second-order valence-corrected chi connectivity index (χ2v) is 5.44. The van der Waals surface area contributed by atoms with Crippen LogP contribution in [0.15, 0.2) is 5.16 Å². The van der Waals surface area contributed by atoms with Gasteiger partial charge in [-0.15, -0.1) is 0 Å². The molecule has 0 aromatic rings. The van der Waals surface area contributed by atoms with Gasteiger partial charge in [0.15, 0.2) is 0 Å². The third kappa shape index (κ3) is 7.03. The summed E-state index contributed by atoms with van der Waals surface area (Å²) in [6.45, 7) is 5.38. The number of amides is 1. The molecular weight excluding hydrogens is 244 g/mol. The first kappa shape index (κ1) is 15.8. The molecule has 0 atom stereocenters. The summed E-state index contributed by atoms with van der Waals surface area (Å²) < 4.78 is 5.11. The lowest BCUT2D eigenvalue weighted by atomic mass is 9.99. The van der Waals surface area contributed by atoms with Crippen molar-refractivity contribution in [3.8, 4) is 0 Å². The molecule has 0 heterocycles. The van der Waals surface area contributed by atoms with E-state index in [0.717, 1.165) is 18.6 Å². The molecule has 110 valence electrons. The largest absolute Gasteiger partial charge is 0.449 e.